The zero-order chi connectivity index (χ0) is 15.2. The van der Waals surface area contributed by atoms with Crippen LogP contribution in [0.15, 0.2) is 24.3 Å². The first-order valence-corrected chi connectivity index (χ1v) is 8.28. The van der Waals surface area contributed by atoms with Crippen LogP contribution in [0.25, 0.3) is 0 Å². The van der Waals surface area contributed by atoms with Crippen LogP contribution < -0.4 is 9.62 Å². The fraction of sp³-hybridized carbons (Fsp3) is 0.571. The lowest BCUT2D eigenvalue weighted by Crippen LogP contribution is -2.42. The molecule has 0 saturated carbocycles. The van der Waals surface area contributed by atoms with E-state index in [-0.39, 0.29) is 0 Å². The van der Waals surface area contributed by atoms with Crippen LogP contribution in [-0.4, -0.2) is 46.5 Å². The van der Waals surface area contributed by atoms with Crippen molar-refractivity contribution in [1.29, 1.82) is 0 Å². The Morgan fingerprint density at radius 2 is 1.80 bits per heavy atom. The van der Waals surface area contributed by atoms with Crippen LogP contribution in [-0.2, 0) is 10.2 Å². The molecule has 0 radical (unpaired) electrons. The minimum atomic E-state index is -3.46. The molecular formula is C14H25N3O2S. The Labute approximate surface area is 122 Å². The maximum atomic E-state index is 12.6. The Kier molecular flexibility index (Phi) is 6.45. The van der Waals surface area contributed by atoms with E-state index in [1.54, 1.807) is 7.05 Å². The summed E-state index contributed by atoms with van der Waals surface area (Å²) in [5.74, 6) is 0. The number of nitrogens with one attached hydrogen (secondary N) is 1. The summed E-state index contributed by atoms with van der Waals surface area (Å²) in [6.45, 7) is 5.56. The molecule has 0 aliphatic rings. The van der Waals surface area contributed by atoms with Crippen LogP contribution >= 0.6 is 0 Å². The van der Waals surface area contributed by atoms with Gasteiger partial charge in [0.1, 0.15) is 0 Å². The van der Waals surface area contributed by atoms with E-state index < -0.39 is 10.2 Å². The highest BCUT2D eigenvalue weighted by Crippen LogP contribution is 2.20. The third-order valence-electron chi connectivity index (χ3n) is 3.18. The van der Waals surface area contributed by atoms with Crippen LogP contribution in [0.2, 0.25) is 0 Å². The second-order valence-corrected chi connectivity index (χ2v) is 6.75. The van der Waals surface area contributed by atoms with Crippen molar-refractivity contribution in [2.75, 3.05) is 38.0 Å². The van der Waals surface area contributed by atoms with Gasteiger partial charge in [-0.25, -0.2) is 0 Å². The number of aryl methyl sites for hydroxylation is 1. The molecule has 0 spiro atoms. The fourth-order valence-corrected chi connectivity index (χ4v) is 3.36. The molecule has 1 rings (SSSR count). The van der Waals surface area contributed by atoms with Crippen molar-refractivity contribution in [3.63, 3.8) is 0 Å². The molecule has 0 aliphatic heterocycles. The topological polar surface area (TPSA) is 52.7 Å². The molecule has 0 unspecified atom stereocenters. The highest BCUT2D eigenvalue weighted by atomic mass is 32.2. The molecule has 0 saturated heterocycles. The van der Waals surface area contributed by atoms with E-state index >= 15 is 0 Å². The quantitative estimate of drug-likeness (QED) is 0.742. The minimum Gasteiger partial charge on any atom is -0.320 e. The van der Waals surface area contributed by atoms with Crippen LogP contribution in [0.5, 0.6) is 0 Å². The van der Waals surface area contributed by atoms with Crippen molar-refractivity contribution in [2.24, 2.45) is 0 Å². The van der Waals surface area contributed by atoms with Crippen molar-refractivity contribution in [1.82, 2.24) is 9.62 Å². The minimum absolute atomic E-state index is 0.418. The molecule has 0 amide bonds. The molecule has 20 heavy (non-hydrogen) atoms. The molecule has 1 aromatic carbocycles. The SMILES string of the molecule is CCN(c1ccc(C)cc1)S(=O)(=O)N(C)CCCNC. The molecule has 0 aromatic heterocycles. The van der Waals surface area contributed by atoms with Gasteiger partial charge in [-0.05, 0) is 46.0 Å². The standard InChI is InChI=1S/C14H25N3O2S/c1-5-17(14-9-7-13(2)8-10-14)20(18,19)16(4)12-6-11-15-3/h7-10,15H,5-6,11-12H2,1-4H3. The zero-order valence-electron chi connectivity index (χ0n) is 12.8. The van der Waals surface area contributed by atoms with Crippen LogP contribution in [0.1, 0.15) is 18.9 Å². The lowest BCUT2D eigenvalue weighted by atomic mass is 10.2. The summed E-state index contributed by atoms with van der Waals surface area (Å²) in [4.78, 5) is 0. The number of rotatable bonds is 8. The first-order chi connectivity index (χ1) is 9.43. The van der Waals surface area contributed by atoms with E-state index in [1.165, 1.54) is 8.61 Å². The first kappa shape index (κ1) is 16.9. The molecule has 1 aromatic rings. The van der Waals surface area contributed by atoms with Crippen molar-refractivity contribution in [3.05, 3.63) is 29.8 Å². The lowest BCUT2D eigenvalue weighted by molar-refractivity contribution is 0.455. The van der Waals surface area contributed by atoms with Crippen LogP contribution in [0.3, 0.4) is 0 Å². The number of nitrogens with zero attached hydrogens (tertiary/aromatic N) is 2. The maximum absolute atomic E-state index is 12.6. The second-order valence-electron chi connectivity index (χ2n) is 4.79. The van der Waals surface area contributed by atoms with E-state index in [0.29, 0.717) is 18.8 Å². The van der Waals surface area contributed by atoms with Gasteiger partial charge in [-0.3, -0.25) is 4.31 Å². The summed E-state index contributed by atoms with van der Waals surface area (Å²) >= 11 is 0. The number of benzene rings is 1. The smallest absolute Gasteiger partial charge is 0.303 e. The predicted octanol–water partition coefficient (Wildman–Crippen LogP) is 1.61. The Hall–Kier alpha value is -1.11. The molecule has 1 N–H and O–H groups in total. The zero-order valence-corrected chi connectivity index (χ0v) is 13.6. The van der Waals surface area contributed by atoms with E-state index in [0.717, 1.165) is 18.5 Å². The molecule has 0 atom stereocenters. The Bertz CT molecular complexity index is 500. The molecule has 5 nitrogen and oxygen atoms in total. The van der Waals surface area contributed by atoms with E-state index in [1.807, 2.05) is 45.2 Å². The second kappa shape index (κ2) is 7.61. The number of anilines is 1. The van der Waals surface area contributed by atoms with Gasteiger partial charge in [0.05, 0.1) is 5.69 Å². The van der Waals surface area contributed by atoms with Gasteiger partial charge in [0.25, 0.3) is 0 Å². The van der Waals surface area contributed by atoms with E-state index in [4.69, 9.17) is 0 Å². The van der Waals surface area contributed by atoms with Crippen molar-refractivity contribution >= 4 is 15.9 Å². The molecule has 0 fully saturated rings. The molecule has 0 aliphatic carbocycles. The van der Waals surface area contributed by atoms with Crippen molar-refractivity contribution in [3.8, 4) is 0 Å². The fourth-order valence-electron chi connectivity index (χ4n) is 1.95. The number of hydrogen-bond donors (Lipinski definition) is 1. The van der Waals surface area contributed by atoms with Crippen molar-refractivity contribution in [2.45, 2.75) is 20.3 Å². The van der Waals surface area contributed by atoms with Gasteiger partial charge < -0.3 is 5.32 Å². The summed E-state index contributed by atoms with van der Waals surface area (Å²) in [7, 11) is 0.0285. The highest BCUT2D eigenvalue weighted by Gasteiger charge is 2.25. The summed E-state index contributed by atoms with van der Waals surface area (Å²) in [5.41, 5.74) is 1.82. The summed E-state index contributed by atoms with van der Waals surface area (Å²) in [5, 5.41) is 3.02. The summed E-state index contributed by atoms with van der Waals surface area (Å²) < 4.78 is 28.0. The molecule has 0 heterocycles. The Morgan fingerprint density at radius 1 is 1.20 bits per heavy atom. The van der Waals surface area contributed by atoms with Gasteiger partial charge in [-0.15, -0.1) is 0 Å². The monoisotopic (exact) mass is 299 g/mol. The number of hydrogen-bond acceptors (Lipinski definition) is 3. The Balaban J connectivity index is 2.89. The van der Waals surface area contributed by atoms with Gasteiger partial charge >= 0.3 is 10.2 Å². The van der Waals surface area contributed by atoms with Crippen LogP contribution in [0, 0.1) is 6.92 Å². The third-order valence-corrected chi connectivity index (χ3v) is 5.18. The first-order valence-electron chi connectivity index (χ1n) is 6.88. The normalized spacial score (nSPS) is 11.8. The molecule has 6 heteroatoms. The Morgan fingerprint density at radius 3 is 2.30 bits per heavy atom. The summed E-state index contributed by atoms with van der Waals surface area (Å²) in [6, 6.07) is 7.54. The third kappa shape index (κ3) is 4.19. The lowest BCUT2D eigenvalue weighted by Gasteiger charge is -2.28. The largest absolute Gasteiger partial charge is 0.320 e. The van der Waals surface area contributed by atoms with E-state index in [2.05, 4.69) is 5.32 Å². The average molecular weight is 299 g/mol. The highest BCUT2D eigenvalue weighted by molar-refractivity contribution is 7.90. The molecule has 0 bridgehead atoms. The molecule has 114 valence electrons. The van der Waals surface area contributed by atoms with Gasteiger partial charge in [0.2, 0.25) is 0 Å². The predicted molar refractivity (Wildman–Crippen MR) is 84.3 cm³/mol. The average Bonchev–Trinajstić information content (AvgIpc) is 2.41. The van der Waals surface area contributed by atoms with Gasteiger partial charge in [-0.2, -0.15) is 12.7 Å². The van der Waals surface area contributed by atoms with Gasteiger partial charge in [-0.1, -0.05) is 17.7 Å². The van der Waals surface area contributed by atoms with E-state index in [9.17, 15) is 8.42 Å². The van der Waals surface area contributed by atoms with Crippen LogP contribution in [0.4, 0.5) is 5.69 Å². The van der Waals surface area contributed by atoms with Gasteiger partial charge in [0.15, 0.2) is 0 Å². The van der Waals surface area contributed by atoms with Crippen molar-refractivity contribution < 1.29 is 8.42 Å². The van der Waals surface area contributed by atoms with Gasteiger partial charge in [0, 0.05) is 20.1 Å². The summed E-state index contributed by atoms with van der Waals surface area (Å²) in [6.07, 6.45) is 0.789. The maximum Gasteiger partial charge on any atom is 0.303 e. The molecular weight excluding hydrogens is 274 g/mol.